The number of aromatic hydroxyl groups is 1. The second-order valence-corrected chi connectivity index (χ2v) is 6.20. The van der Waals surface area contributed by atoms with Crippen LogP contribution in [0.15, 0.2) is 30.3 Å². The fraction of sp³-hybridized carbons (Fsp3) is 0.368. The van der Waals surface area contributed by atoms with Crippen LogP contribution in [0.3, 0.4) is 0 Å². The number of fused-ring (bicyclic) bond motifs is 1. The van der Waals surface area contributed by atoms with Crippen molar-refractivity contribution in [2.24, 2.45) is 0 Å². The van der Waals surface area contributed by atoms with Gasteiger partial charge in [0.25, 0.3) is 5.91 Å². The van der Waals surface area contributed by atoms with Crippen molar-refractivity contribution in [1.29, 1.82) is 0 Å². The number of hydrogen-bond donors (Lipinski definition) is 2. The number of hydrogen-bond acceptors (Lipinski definition) is 7. The van der Waals surface area contributed by atoms with Gasteiger partial charge in [-0.3, -0.25) is 9.69 Å². The maximum absolute atomic E-state index is 12.2. The van der Waals surface area contributed by atoms with Crippen LogP contribution in [-0.2, 0) is 14.4 Å². The number of ether oxygens (including phenoxy) is 2. The van der Waals surface area contributed by atoms with Gasteiger partial charge in [0.15, 0.2) is 0 Å². The first-order chi connectivity index (χ1) is 13.1. The van der Waals surface area contributed by atoms with E-state index in [0.29, 0.717) is 30.9 Å². The Labute approximate surface area is 156 Å². The molecule has 1 amide bonds. The molecule has 2 N–H and O–H groups in total. The van der Waals surface area contributed by atoms with Gasteiger partial charge >= 0.3 is 5.97 Å². The van der Waals surface area contributed by atoms with Crippen LogP contribution < -0.4 is 10.2 Å². The average Bonchev–Trinajstić information content (AvgIpc) is 2.70. The van der Waals surface area contributed by atoms with E-state index in [1.54, 1.807) is 25.3 Å². The number of phenolic OH excluding ortho intramolecular Hbond substituents is 1. The molecule has 3 rings (SSSR count). The van der Waals surface area contributed by atoms with Crippen LogP contribution in [0.1, 0.15) is 16.8 Å². The van der Waals surface area contributed by atoms with Crippen LogP contribution in [0.2, 0.25) is 0 Å². The van der Waals surface area contributed by atoms with Crippen molar-refractivity contribution in [3.8, 4) is 11.5 Å². The predicted octanol–water partition coefficient (Wildman–Crippen LogP) is 1.46. The Hall–Kier alpha value is -2.84. The Bertz CT molecular complexity index is 832. The van der Waals surface area contributed by atoms with Gasteiger partial charge in [-0.2, -0.15) is 5.48 Å². The molecule has 2 aromatic carbocycles. The summed E-state index contributed by atoms with van der Waals surface area (Å²) in [6.45, 7) is 3.43. The second-order valence-electron chi connectivity index (χ2n) is 6.20. The summed E-state index contributed by atoms with van der Waals surface area (Å²) in [5.41, 5.74) is 2.10. The number of carbonyl (C=O) groups is 2. The van der Waals surface area contributed by atoms with Crippen molar-refractivity contribution in [2.75, 3.05) is 40.0 Å². The quantitative estimate of drug-likeness (QED) is 0.765. The van der Waals surface area contributed by atoms with Gasteiger partial charge in [-0.1, -0.05) is 6.07 Å². The highest BCUT2D eigenvalue weighted by molar-refractivity contribution is 5.99. The largest absolute Gasteiger partial charge is 0.507 e. The molecule has 0 atom stereocenters. The Morgan fingerprint density at radius 2 is 1.96 bits per heavy atom. The Balaban J connectivity index is 1.58. The lowest BCUT2D eigenvalue weighted by atomic mass is 10.1. The zero-order valence-corrected chi connectivity index (χ0v) is 15.1. The molecule has 0 aliphatic carbocycles. The van der Waals surface area contributed by atoms with E-state index in [0.717, 1.165) is 18.5 Å². The Morgan fingerprint density at radius 1 is 1.19 bits per heavy atom. The van der Waals surface area contributed by atoms with Crippen molar-refractivity contribution < 1.29 is 29.0 Å². The summed E-state index contributed by atoms with van der Waals surface area (Å²) in [4.78, 5) is 31.0. The number of nitrogens with zero attached hydrogens (tertiary/aromatic N) is 1. The zero-order valence-electron chi connectivity index (χ0n) is 15.1. The second kappa shape index (κ2) is 8.70. The summed E-state index contributed by atoms with van der Waals surface area (Å²) >= 11 is 0. The number of methoxy groups -OCH3 is 1. The summed E-state index contributed by atoms with van der Waals surface area (Å²) in [5, 5.41) is 11.5. The molecule has 27 heavy (non-hydrogen) atoms. The minimum atomic E-state index is -0.836. The fourth-order valence-electron chi connectivity index (χ4n) is 2.85. The van der Waals surface area contributed by atoms with Gasteiger partial charge in [0.2, 0.25) is 0 Å². The lowest BCUT2D eigenvalue weighted by Crippen LogP contribution is -2.39. The van der Waals surface area contributed by atoms with Gasteiger partial charge in [-0.15, -0.1) is 0 Å². The molecule has 1 aliphatic heterocycles. The molecule has 0 spiro atoms. The van der Waals surface area contributed by atoms with E-state index >= 15 is 0 Å². The molecule has 0 aromatic heterocycles. The third kappa shape index (κ3) is 4.87. The summed E-state index contributed by atoms with van der Waals surface area (Å²) < 4.78 is 10.4. The molecule has 0 bridgehead atoms. The molecule has 8 nitrogen and oxygen atoms in total. The molecular weight excluding hydrogens is 352 g/mol. The van der Waals surface area contributed by atoms with Gasteiger partial charge in [0.1, 0.15) is 17.1 Å². The van der Waals surface area contributed by atoms with Gasteiger partial charge in [0.05, 0.1) is 20.3 Å². The topological polar surface area (TPSA) is 97.3 Å². The molecule has 0 saturated carbocycles. The number of rotatable bonds is 5. The number of amides is 1. The molecule has 144 valence electrons. The van der Waals surface area contributed by atoms with Crippen molar-refractivity contribution in [3.63, 3.8) is 0 Å². The van der Waals surface area contributed by atoms with Crippen LogP contribution in [0.25, 0.3) is 10.8 Å². The van der Waals surface area contributed by atoms with Gasteiger partial charge in [-0.25, -0.2) is 4.79 Å². The lowest BCUT2D eigenvalue weighted by Gasteiger charge is -2.26. The average molecular weight is 374 g/mol. The first-order valence-corrected chi connectivity index (χ1v) is 8.67. The van der Waals surface area contributed by atoms with Crippen LogP contribution in [0.5, 0.6) is 11.5 Å². The summed E-state index contributed by atoms with van der Waals surface area (Å²) in [7, 11) is 1.54. The van der Waals surface area contributed by atoms with E-state index in [2.05, 4.69) is 10.4 Å². The van der Waals surface area contributed by atoms with Crippen LogP contribution in [0, 0.1) is 0 Å². The van der Waals surface area contributed by atoms with Crippen molar-refractivity contribution in [1.82, 2.24) is 10.4 Å². The van der Waals surface area contributed by atoms with E-state index in [4.69, 9.17) is 14.3 Å². The zero-order chi connectivity index (χ0) is 19.2. The van der Waals surface area contributed by atoms with E-state index < -0.39 is 11.9 Å². The first kappa shape index (κ1) is 18.9. The van der Waals surface area contributed by atoms with Crippen LogP contribution in [0.4, 0.5) is 0 Å². The summed E-state index contributed by atoms with van der Waals surface area (Å²) in [6, 6.07) is 8.23. The Kier molecular flexibility index (Phi) is 6.10. The minimum absolute atomic E-state index is 0.0377. The molecule has 0 radical (unpaired) electrons. The summed E-state index contributed by atoms with van der Waals surface area (Å²) in [5.74, 6) is -0.835. The number of phenols is 1. The SMILES string of the molecule is COc1ccc2cc(O)c(C(=O)ONC(=O)CCN3CCOCC3)cc2c1. The molecule has 1 fully saturated rings. The fourth-order valence-corrected chi connectivity index (χ4v) is 2.85. The molecule has 8 heteroatoms. The van der Waals surface area contributed by atoms with Crippen molar-refractivity contribution in [3.05, 3.63) is 35.9 Å². The van der Waals surface area contributed by atoms with E-state index in [1.807, 2.05) is 0 Å². The number of carbonyl (C=O) groups excluding carboxylic acids is 2. The third-order valence-corrected chi connectivity index (χ3v) is 4.40. The number of morpholine rings is 1. The molecular formula is C19H22N2O6. The number of hydroxylamine groups is 1. The van der Waals surface area contributed by atoms with Crippen LogP contribution in [-0.4, -0.2) is 61.8 Å². The maximum atomic E-state index is 12.2. The highest BCUT2D eigenvalue weighted by atomic mass is 16.7. The predicted molar refractivity (Wildman–Crippen MR) is 97.6 cm³/mol. The first-order valence-electron chi connectivity index (χ1n) is 8.67. The standard InChI is InChI=1S/C19H22N2O6/c1-25-15-3-2-13-12-17(22)16(11-14(13)10-15)19(24)27-20-18(23)4-5-21-6-8-26-9-7-21/h2-3,10-12,22H,4-9H2,1H3,(H,20,23). The minimum Gasteiger partial charge on any atom is -0.507 e. The highest BCUT2D eigenvalue weighted by Crippen LogP contribution is 2.28. The maximum Gasteiger partial charge on any atom is 0.366 e. The number of benzene rings is 2. The third-order valence-electron chi connectivity index (χ3n) is 4.40. The molecule has 2 aromatic rings. The molecule has 1 saturated heterocycles. The smallest absolute Gasteiger partial charge is 0.366 e. The normalized spacial score (nSPS) is 14.7. The van der Waals surface area contributed by atoms with Crippen molar-refractivity contribution >= 4 is 22.6 Å². The monoisotopic (exact) mass is 374 g/mol. The number of nitrogens with one attached hydrogen (secondary N) is 1. The van der Waals surface area contributed by atoms with Crippen molar-refractivity contribution in [2.45, 2.75) is 6.42 Å². The molecule has 1 aliphatic rings. The summed E-state index contributed by atoms with van der Waals surface area (Å²) in [6.07, 6.45) is 0.203. The lowest BCUT2D eigenvalue weighted by molar-refractivity contribution is -0.130. The van der Waals surface area contributed by atoms with Gasteiger partial charge < -0.3 is 19.4 Å². The van der Waals surface area contributed by atoms with Gasteiger partial charge in [0, 0.05) is 26.1 Å². The molecule has 1 heterocycles. The van der Waals surface area contributed by atoms with E-state index in [1.165, 1.54) is 12.1 Å². The highest BCUT2D eigenvalue weighted by Gasteiger charge is 2.17. The Morgan fingerprint density at radius 3 is 2.70 bits per heavy atom. The molecule has 0 unspecified atom stereocenters. The van der Waals surface area contributed by atoms with Gasteiger partial charge in [-0.05, 0) is 35.0 Å². The van der Waals surface area contributed by atoms with E-state index in [-0.39, 0.29) is 17.7 Å². The van der Waals surface area contributed by atoms with E-state index in [9.17, 15) is 14.7 Å². The van der Waals surface area contributed by atoms with Crippen LogP contribution >= 0.6 is 0 Å².